The van der Waals surface area contributed by atoms with Crippen molar-refractivity contribution in [3.8, 4) is 5.75 Å². The minimum atomic E-state index is -0.878. The Morgan fingerprint density at radius 2 is 2.15 bits per heavy atom. The van der Waals surface area contributed by atoms with Crippen LogP contribution in [-0.4, -0.2) is 36.1 Å². The van der Waals surface area contributed by atoms with E-state index in [1.54, 1.807) is 6.92 Å². The molecule has 0 amide bonds. The molecule has 2 rings (SSSR count). The molecule has 0 bridgehead atoms. The summed E-state index contributed by atoms with van der Waals surface area (Å²) in [5, 5.41) is 21.0. The first kappa shape index (κ1) is 14.7. The van der Waals surface area contributed by atoms with Gasteiger partial charge in [0.1, 0.15) is 5.75 Å². The molecule has 110 valence electrons. The molecular formula is C13H17NO6. The molecule has 20 heavy (non-hydrogen) atoms. The standard InChI is InChI=1S/C13H17NO6/c1-13(12(18-2)19-3)7-10(15)9-6-8(14(16)17)4-5-11(9)20-13/h4-6,10,12,15H,7H2,1-3H3/t10?,13-/m1/s1. The van der Waals surface area contributed by atoms with Gasteiger partial charge >= 0.3 is 0 Å². The number of nitro groups is 1. The summed E-state index contributed by atoms with van der Waals surface area (Å²) in [4.78, 5) is 10.3. The first-order chi connectivity index (χ1) is 9.41. The monoisotopic (exact) mass is 283 g/mol. The van der Waals surface area contributed by atoms with Gasteiger partial charge in [-0.25, -0.2) is 0 Å². The molecule has 0 aromatic heterocycles. The molecule has 0 saturated heterocycles. The van der Waals surface area contributed by atoms with E-state index in [9.17, 15) is 15.2 Å². The third-order valence-electron chi connectivity index (χ3n) is 3.43. The second-order valence-electron chi connectivity index (χ2n) is 4.92. The summed E-state index contributed by atoms with van der Waals surface area (Å²) < 4.78 is 16.2. The van der Waals surface area contributed by atoms with Crippen molar-refractivity contribution in [1.29, 1.82) is 0 Å². The topological polar surface area (TPSA) is 91.1 Å². The number of aliphatic hydroxyl groups is 1. The van der Waals surface area contributed by atoms with Gasteiger partial charge in [0.05, 0.1) is 11.0 Å². The molecule has 1 heterocycles. The number of hydrogen-bond donors (Lipinski definition) is 1. The van der Waals surface area contributed by atoms with Crippen LogP contribution in [0, 0.1) is 10.1 Å². The van der Waals surface area contributed by atoms with Gasteiger partial charge in [0.15, 0.2) is 11.9 Å². The van der Waals surface area contributed by atoms with Crippen molar-refractivity contribution in [3.63, 3.8) is 0 Å². The first-order valence-electron chi connectivity index (χ1n) is 6.12. The third-order valence-corrected chi connectivity index (χ3v) is 3.43. The maximum atomic E-state index is 10.8. The van der Waals surface area contributed by atoms with Crippen molar-refractivity contribution in [1.82, 2.24) is 0 Å². The molecule has 1 aliphatic rings. The molecule has 1 N–H and O–H groups in total. The van der Waals surface area contributed by atoms with Crippen LogP contribution in [0.4, 0.5) is 5.69 Å². The number of methoxy groups -OCH3 is 2. The van der Waals surface area contributed by atoms with Crippen molar-refractivity contribution in [3.05, 3.63) is 33.9 Å². The minimum Gasteiger partial charge on any atom is -0.482 e. The molecule has 1 aromatic rings. The lowest BCUT2D eigenvalue weighted by Gasteiger charge is -2.41. The Balaban J connectivity index is 2.37. The summed E-state index contributed by atoms with van der Waals surface area (Å²) in [6, 6.07) is 4.15. The Labute approximate surface area is 116 Å². The molecule has 0 aliphatic carbocycles. The number of nitro benzene ring substituents is 1. The summed E-state index contributed by atoms with van der Waals surface area (Å²) in [5.41, 5.74) is -0.542. The highest BCUT2D eigenvalue weighted by Gasteiger charge is 2.44. The zero-order valence-electron chi connectivity index (χ0n) is 11.5. The molecule has 1 aliphatic heterocycles. The van der Waals surface area contributed by atoms with Crippen LogP contribution in [0.25, 0.3) is 0 Å². The summed E-state index contributed by atoms with van der Waals surface area (Å²) in [5.74, 6) is 0.399. The van der Waals surface area contributed by atoms with E-state index in [4.69, 9.17) is 14.2 Å². The van der Waals surface area contributed by atoms with Crippen LogP contribution in [0.3, 0.4) is 0 Å². The lowest BCUT2D eigenvalue weighted by atomic mass is 9.89. The number of rotatable bonds is 4. The van der Waals surface area contributed by atoms with Gasteiger partial charge in [-0.05, 0) is 13.0 Å². The van der Waals surface area contributed by atoms with Crippen LogP contribution in [-0.2, 0) is 9.47 Å². The highest BCUT2D eigenvalue weighted by molar-refractivity contribution is 5.46. The van der Waals surface area contributed by atoms with Crippen molar-refractivity contribution in [2.75, 3.05) is 14.2 Å². The average Bonchev–Trinajstić information content (AvgIpc) is 2.39. The SMILES string of the molecule is COC(OC)[C@@]1(C)CC(O)c2cc([N+](=O)[O-])ccc2O1. The number of fused-ring (bicyclic) bond motifs is 1. The van der Waals surface area contributed by atoms with Crippen molar-refractivity contribution < 1.29 is 24.2 Å². The van der Waals surface area contributed by atoms with E-state index >= 15 is 0 Å². The molecule has 0 spiro atoms. The maximum absolute atomic E-state index is 10.8. The number of ether oxygens (including phenoxy) is 3. The second kappa shape index (κ2) is 5.35. The molecule has 7 nitrogen and oxygen atoms in total. The highest BCUT2D eigenvalue weighted by Crippen LogP contribution is 2.43. The van der Waals surface area contributed by atoms with E-state index in [1.807, 2.05) is 0 Å². The fourth-order valence-corrected chi connectivity index (χ4v) is 2.53. The normalized spacial score (nSPS) is 25.1. The van der Waals surface area contributed by atoms with Crippen molar-refractivity contribution in [2.45, 2.75) is 31.3 Å². The molecule has 0 fully saturated rings. The van der Waals surface area contributed by atoms with Crippen LogP contribution in [0.1, 0.15) is 25.0 Å². The lowest BCUT2D eigenvalue weighted by Crippen LogP contribution is -2.50. The van der Waals surface area contributed by atoms with Gasteiger partial charge in [0.25, 0.3) is 5.69 Å². The number of non-ortho nitro benzene ring substituents is 1. The van der Waals surface area contributed by atoms with Gasteiger partial charge in [0.2, 0.25) is 0 Å². The van der Waals surface area contributed by atoms with E-state index < -0.39 is 22.9 Å². The summed E-state index contributed by atoms with van der Waals surface area (Å²) in [7, 11) is 2.97. The fourth-order valence-electron chi connectivity index (χ4n) is 2.53. The van der Waals surface area contributed by atoms with Crippen LogP contribution in [0.15, 0.2) is 18.2 Å². The Morgan fingerprint density at radius 1 is 1.50 bits per heavy atom. The largest absolute Gasteiger partial charge is 0.482 e. The Bertz CT molecular complexity index is 516. The number of nitrogens with zero attached hydrogens (tertiary/aromatic N) is 1. The predicted molar refractivity (Wildman–Crippen MR) is 69.5 cm³/mol. The highest BCUT2D eigenvalue weighted by atomic mass is 16.7. The predicted octanol–water partition coefficient (Wildman–Crippen LogP) is 1.79. The summed E-state index contributed by atoms with van der Waals surface area (Å²) >= 11 is 0. The van der Waals surface area contributed by atoms with Crippen LogP contribution in [0.2, 0.25) is 0 Å². The Hall–Kier alpha value is -1.70. The second-order valence-corrected chi connectivity index (χ2v) is 4.92. The average molecular weight is 283 g/mol. The molecule has 0 radical (unpaired) electrons. The van der Waals surface area contributed by atoms with Gasteiger partial charge in [-0.2, -0.15) is 0 Å². The van der Waals surface area contributed by atoms with Gasteiger partial charge in [-0.3, -0.25) is 10.1 Å². The van der Waals surface area contributed by atoms with Gasteiger partial charge < -0.3 is 19.3 Å². The van der Waals surface area contributed by atoms with Crippen molar-refractivity contribution >= 4 is 5.69 Å². The molecule has 1 unspecified atom stereocenters. The Morgan fingerprint density at radius 3 is 2.70 bits per heavy atom. The maximum Gasteiger partial charge on any atom is 0.270 e. The van der Waals surface area contributed by atoms with E-state index in [1.165, 1.54) is 32.4 Å². The fraction of sp³-hybridized carbons (Fsp3) is 0.538. The number of hydrogen-bond acceptors (Lipinski definition) is 6. The molecule has 7 heteroatoms. The minimum absolute atomic E-state index is 0.0787. The number of benzene rings is 1. The Kier molecular flexibility index (Phi) is 3.94. The van der Waals surface area contributed by atoms with Crippen molar-refractivity contribution in [2.24, 2.45) is 0 Å². The molecule has 2 atom stereocenters. The zero-order valence-corrected chi connectivity index (χ0v) is 11.5. The first-order valence-corrected chi connectivity index (χ1v) is 6.12. The molecule has 0 saturated carbocycles. The molecule has 1 aromatic carbocycles. The number of aliphatic hydroxyl groups excluding tert-OH is 1. The van der Waals surface area contributed by atoms with Gasteiger partial charge in [0, 0.05) is 38.3 Å². The van der Waals surface area contributed by atoms with E-state index in [0.717, 1.165) is 0 Å². The van der Waals surface area contributed by atoms with Gasteiger partial charge in [-0.15, -0.1) is 0 Å². The molecular weight excluding hydrogens is 266 g/mol. The van der Waals surface area contributed by atoms with Gasteiger partial charge in [-0.1, -0.05) is 0 Å². The smallest absolute Gasteiger partial charge is 0.270 e. The lowest BCUT2D eigenvalue weighted by molar-refractivity contribution is -0.385. The van der Waals surface area contributed by atoms with E-state index in [-0.39, 0.29) is 12.1 Å². The van der Waals surface area contributed by atoms with E-state index in [0.29, 0.717) is 11.3 Å². The van der Waals surface area contributed by atoms with Crippen LogP contribution >= 0.6 is 0 Å². The van der Waals surface area contributed by atoms with Crippen LogP contribution in [0.5, 0.6) is 5.75 Å². The van der Waals surface area contributed by atoms with E-state index in [2.05, 4.69) is 0 Å². The summed E-state index contributed by atoms with van der Waals surface area (Å²) in [6.45, 7) is 1.76. The third kappa shape index (κ3) is 2.47. The summed E-state index contributed by atoms with van der Waals surface area (Å²) in [6.07, 6.45) is -1.31. The van der Waals surface area contributed by atoms with Crippen LogP contribution < -0.4 is 4.74 Å². The zero-order chi connectivity index (χ0) is 14.9. The quantitative estimate of drug-likeness (QED) is 0.514.